The first kappa shape index (κ1) is 31.2. The quantitative estimate of drug-likeness (QED) is 0.301. The van der Waals surface area contributed by atoms with Gasteiger partial charge in [0.05, 0.1) is 17.2 Å². The van der Waals surface area contributed by atoms with Crippen molar-refractivity contribution in [1.82, 2.24) is 10.2 Å². The molecule has 0 bridgehead atoms. The fourth-order valence-corrected chi connectivity index (χ4v) is 5.94. The van der Waals surface area contributed by atoms with E-state index in [0.29, 0.717) is 22.9 Å². The topological polar surface area (TPSA) is 96.0 Å². The Bertz CT molecular complexity index is 1440. The van der Waals surface area contributed by atoms with Gasteiger partial charge in [0.15, 0.2) is 0 Å². The minimum atomic E-state index is -4.31. The van der Waals surface area contributed by atoms with Gasteiger partial charge in [-0.25, -0.2) is 12.8 Å². The smallest absolute Gasteiger partial charge is 0.264 e. The third-order valence-electron chi connectivity index (χ3n) is 6.10. The van der Waals surface area contributed by atoms with Crippen LogP contribution >= 0.6 is 23.2 Å². The third kappa shape index (κ3) is 7.44. The van der Waals surface area contributed by atoms with E-state index in [1.54, 1.807) is 26.0 Å². The maximum absolute atomic E-state index is 13.9. The summed E-state index contributed by atoms with van der Waals surface area (Å²) in [5.74, 6) is -1.18. The molecule has 12 heteroatoms. The van der Waals surface area contributed by atoms with Gasteiger partial charge in [0.2, 0.25) is 11.8 Å². The maximum atomic E-state index is 13.9. The molecule has 3 aromatic carbocycles. The molecule has 1 N–H and O–H groups in total. The van der Waals surface area contributed by atoms with Gasteiger partial charge >= 0.3 is 0 Å². The van der Waals surface area contributed by atoms with Crippen LogP contribution in [0.25, 0.3) is 0 Å². The number of benzene rings is 3. The first-order chi connectivity index (χ1) is 19.0. The average molecular weight is 611 g/mol. The molecular weight excluding hydrogens is 580 g/mol. The highest BCUT2D eigenvalue weighted by molar-refractivity contribution is 7.92. The number of halogens is 3. The average Bonchev–Trinajstić information content (AvgIpc) is 2.93. The molecule has 8 nitrogen and oxygen atoms in total. The summed E-state index contributed by atoms with van der Waals surface area (Å²) < 4.78 is 47.7. The van der Waals surface area contributed by atoms with Crippen molar-refractivity contribution in [3.63, 3.8) is 0 Å². The minimum Gasteiger partial charge on any atom is -0.494 e. The molecule has 0 aliphatic heterocycles. The van der Waals surface area contributed by atoms with Crippen molar-refractivity contribution in [1.29, 1.82) is 0 Å². The Balaban J connectivity index is 2.06. The van der Waals surface area contributed by atoms with Crippen LogP contribution in [0.3, 0.4) is 0 Å². The Hall–Kier alpha value is -3.34. The van der Waals surface area contributed by atoms with Gasteiger partial charge in [-0.05, 0) is 79.6 Å². The molecule has 3 rings (SSSR count). The molecule has 0 aromatic heterocycles. The summed E-state index contributed by atoms with van der Waals surface area (Å²) >= 11 is 12.4. The number of carbonyl (C=O) groups excluding carboxylic acids is 2. The number of likely N-dealkylation sites (N-methyl/N-ethyl adjacent to an activating group) is 1. The Kier molecular flexibility index (Phi) is 10.8. The molecule has 3 aromatic rings. The Morgan fingerprint density at radius 2 is 1.65 bits per heavy atom. The lowest BCUT2D eigenvalue weighted by Crippen LogP contribution is -2.51. The van der Waals surface area contributed by atoms with Crippen LogP contribution in [-0.4, -0.2) is 51.4 Å². The van der Waals surface area contributed by atoms with E-state index in [-0.39, 0.29) is 28.6 Å². The Labute approximate surface area is 243 Å². The molecule has 0 fully saturated rings. The Morgan fingerprint density at radius 1 is 1.00 bits per heavy atom. The number of anilines is 1. The number of hydrogen-bond donors (Lipinski definition) is 1. The summed E-state index contributed by atoms with van der Waals surface area (Å²) in [4.78, 5) is 27.8. The maximum Gasteiger partial charge on any atom is 0.264 e. The molecule has 40 heavy (non-hydrogen) atoms. The number of sulfonamides is 1. The van der Waals surface area contributed by atoms with Crippen molar-refractivity contribution in [2.45, 2.75) is 37.8 Å². The molecule has 2 amide bonds. The molecule has 0 aliphatic carbocycles. The van der Waals surface area contributed by atoms with E-state index < -0.39 is 40.2 Å². The van der Waals surface area contributed by atoms with Gasteiger partial charge in [-0.1, -0.05) is 36.2 Å². The summed E-state index contributed by atoms with van der Waals surface area (Å²) in [5.41, 5.74) is 0.588. The van der Waals surface area contributed by atoms with Crippen LogP contribution < -0.4 is 14.4 Å². The monoisotopic (exact) mass is 609 g/mol. The van der Waals surface area contributed by atoms with E-state index in [9.17, 15) is 22.4 Å². The predicted molar refractivity (Wildman–Crippen MR) is 154 cm³/mol. The number of nitrogens with zero attached hydrogens (tertiary/aromatic N) is 2. The number of nitrogens with one attached hydrogen (secondary N) is 1. The fraction of sp³-hybridized carbons (Fsp3) is 0.286. The molecule has 0 radical (unpaired) electrons. The lowest BCUT2D eigenvalue weighted by Gasteiger charge is -2.33. The van der Waals surface area contributed by atoms with Crippen LogP contribution in [-0.2, 0) is 26.2 Å². The van der Waals surface area contributed by atoms with Gasteiger partial charge < -0.3 is 15.0 Å². The molecular formula is C28H30Cl2FN3O5S. The zero-order chi connectivity index (χ0) is 29.4. The minimum absolute atomic E-state index is 0.0705. The van der Waals surface area contributed by atoms with Gasteiger partial charge in [0.1, 0.15) is 24.2 Å². The van der Waals surface area contributed by atoms with E-state index in [0.717, 1.165) is 16.4 Å². The van der Waals surface area contributed by atoms with E-state index in [1.807, 2.05) is 0 Å². The van der Waals surface area contributed by atoms with Crippen molar-refractivity contribution in [3.05, 3.63) is 88.2 Å². The molecule has 0 saturated heterocycles. The first-order valence-electron chi connectivity index (χ1n) is 12.5. The van der Waals surface area contributed by atoms with E-state index in [1.165, 1.54) is 54.4 Å². The summed E-state index contributed by atoms with van der Waals surface area (Å²) in [6.45, 7) is 3.19. The van der Waals surface area contributed by atoms with Crippen molar-refractivity contribution < 1.29 is 27.1 Å². The molecule has 1 atom stereocenters. The third-order valence-corrected chi connectivity index (χ3v) is 8.48. The lowest BCUT2D eigenvalue weighted by molar-refractivity contribution is -0.140. The first-order valence-corrected chi connectivity index (χ1v) is 14.7. The number of rotatable bonds is 12. The highest BCUT2D eigenvalue weighted by atomic mass is 35.5. The molecule has 0 spiro atoms. The highest BCUT2D eigenvalue weighted by Gasteiger charge is 2.33. The SMILES string of the molecule is CCOc1ccc(S(=O)(=O)N(CC(=O)N(Cc2ccc(Cl)cc2Cl)[C@H](CC)C(=O)NC)c2ccc(F)cc2)cc1. The van der Waals surface area contributed by atoms with E-state index in [2.05, 4.69) is 5.32 Å². The van der Waals surface area contributed by atoms with E-state index in [4.69, 9.17) is 27.9 Å². The second kappa shape index (κ2) is 13.8. The van der Waals surface area contributed by atoms with Gasteiger partial charge in [-0.3, -0.25) is 13.9 Å². The van der Waals surface area contributed by atoms with Crippen molar-refractivity contribution in [2.24, 2.45) is 0 Å². The molecule has 0 unspecified atom stereocenters. The van der Waals surface area contributed by atoms with Crippen LogP contribution in [0.5, 0.6) is 5.75 Å². The number of amides is 2. The zero-order valence-corrected chi connectivity index (χ0v) is 24.6. The summed E-state index contributed by atoms with van der Waals surface area (Å²) in [6, 6.07) is 14.3. The predicted octanol–water partition coefficient (Wildman–Crippen LogP) is 5.28. The fourth-order valence-electron chi connectivity index (χ4n) is 4.06. The number of carbonyl (C=O) groups is 2. The van der Waals surface area contributed by atoms with Crippen LogP contribution in [0, 0.1) is 5.82 Å². The molecule has 0 aliphatic rings. The highest BCUT2D eigenvalue weighted by Crippen LogP contribution is 2.28. The molecule has 0 heterocycles. The van der Waals surface area contributed by atoms with Gasteiger partial charge in [-0.15, -0.1) is 0 Å². The second-order valence-corrected chi connectivity index (χ2v) is 11.4. The Morgan fingerprint density at radius 3 is 2.20 bits per heavy atom. The normalized spacial score (nSPS) is 11.9. The van der Waals surface area contributed by atoms with Crippen molar-refractivity contribution >= 4 is 50.7 Å². The summed E-state index contributed by atoms with van der Waals surface area (Å²) in [6.07, 6.45) is 0.249. The molecule has 0 saturated carbocycles. The van der Waals surface area contributed by atoms with Crippen molar-refractivity contribution in [3.8, 4) is 5.75 Å². The van der Waals surface area contributed by atoms with Gasteiger partial charge in [0, 0.05) is 23.6 Å². The molecule has 214 valence electrons. The standard InChI is InChI=1S/C28H30Cl2FN3O5S/c1-4-26(28(36)32-3)33(17-19-6-7-20(29)16-25(19)30)27(35)18-34(22-10-8-21(31)9-11-22)40(37,38)24-14-12-23(13-15-24)39-5-2/h6-16,26H,4-5,17-18H2,1-3H3,(H,32,36)/t26-/m1/s1. The summed E-state index contributed by atoms with van der Waals surface area (Å²) in [7, 11) is -2.86. The number of ether oxygens (including phenoxy) is 1. The van der Waals surface area contributed by atoms with Crippen LogP contribution in [0.4, 0.5) is 10.1 Å². The van der Waals surface area contributed by atoms with Crippen LogP contribution in [0.1, 0.15) is 25.8 Å². The van der Waals surface area contributed by atoms with Crippen LogP contribution in [0.15, 0.2) is 71.6 Å². The summed E-state index contributed by atoms with van der Waals surface area (Å²) in [5, 5.41) is 3.24. The van der Waals surface area contributed by atoms with Crippen LogP contribution in [0.2, 0.25) is 10.0 Å². The van der Waals surface area contributed by atoms with Gasteiger partial charge in [-0.2, -0.15) is 0 Å². The zero-order valence-electron chi connectivity index (χ0n) is 22.2. The second-order valence-electron chi connectivity index (χ2n) is 8.69. The lowest BCUT2D eigenvalue weighted by atomic mass is 10.1. The largest absolute Gasteiger partial charge is 0.494 e. The van der Waals surface area contributed by atoms with Gasteiger partial charge in [0.25, 0.3) is 10.0 Å². The van der Waals surface area contributed by atoms with Crippen molar-refractivity contribution in [2.75, 3.05) is 24.5 Å². The van der Waals surface area contributed by atoms with E-state index >= 15 is 0 Å². The number of hydrogen-bond acceptors (Lipinski definition) is 5.